The number of benzene rings is 2. The summed E-state index contributed by atoms with van der Waals surface area (Å²) < 4.78 is 18.5. The summed E-state index contributed by atoms with van der Waals surface area (Å²) in [6.45, 7) is 2.07. The van der Waals surface area contributed by atoms with Crippen molar-refractivity contribution >= 4 is 17.6 Å². The second kappa shape index (κ2) is 5.92. The summed E-state index contributed by atoms with van der Waals surface area (Å²) in [5.74, 6) is -1.01. The number of aryl methyl sites for hydroxylation is 1. The van der Waals surface area contributed by atoms with Gasteiger partial charge >= 0.3 is 5.97 Å². The van der Waals surface area contributed by atoms with Gasteiger partial charge in [0.05, 0.1) is 10.6 Å². The van der Waals surface area contributed by atoms with E-state index in [2.05, 4.69) is 0 Å². The third-order valence-electron chi connectivity index (χ3n) is 2.87. The van der Waals surface area contributed by atoms with Gasteiger partial charge in [-0.3, -0.25) is 0 Å². The first kappa shape index (κ1) is 14.3. The summed E-state index contributed by atoms with van der Waals surface area (Å²) in [6.07, 6.45) is 0. The number of carboxylic acid groups (broad SMARTS) is 1. The third-order valence-corrected chi connectivity index (χ3v) is 3.16. The van der Waals surface area contributed by atoms with Gasteiger partial charge in [0.25, 0.3) is 0 Å². The Morgan fingerprint density at radius 2 is 2.05 bits per heavy atom. The Kier molecular flexibility index (Phi) is 4.25. The molecule has 0 aliphatic heterocycles. The minimum atomic E-state index is -0.967. The predicted molar refractivity (Wildman–Crippen MR) is 73.9 cm³/mol. The molecule has 0 saturated carbocycles. The predicted octanol–water partition coefficient (Wildman–Crippen LogP) is 4.06. The molecule has 0 aliphatic carbocycles. The zero-order valence-corrected chi connectivity index (χ0v) is 11.4. The van der Waals surface area contributed by atoms with E-state index in [-0.39, 0.29) is 17.2 Å². The van der Waals surface area contributed by atoms with E-state index in [1.54, 1.807) is 12.1 Å². The number of rotatable bonds is 4. The summed E-state index contributed by atoms with van der Waals surface area (Å²) in [5.41, 5.74) is 1.91. The number of ether oxygens (including phenoxy) is 1. The van der Waals surface area contributed by atoms with Crippen LogP contribution in [-0.4, -0.2) is 11.1 Å². The lowest BCUT2D eigenvalue weighted by Crippen LogP contribution is -2.02. The third kappa shape index (κ3) is 3.27. The monoisotopic (exact) mass is 294 g/mol. The van der Waals surface area contributed by atoms with E-state index in [9.17, 15) is 9.18 Å². The first-order valence-electron chi connectivity index (χ1n) is 5.88. The largest absolute Gasteiger partial charge is 0.489 e. The van der Waals surface area contributed by atoms with Crippen LogP contribution in [0.3, 0.4) is 0 Å². The summed E-state index contributed by atoms with van der Waals surface area (Å²) in [7, 11) is 0. The molecule has 3 nitrogen and oxygen atoms in total. The highest BCUT2D eigenvalue weighted by atomic mass is 35.5. The van der Waals surface area contributed by atoms with E-state index in [1.807, 2.05) is 6.92 Å². The molecule has 104 valence electrons. The van der Waals surface area contributed by atoms with E-state index in [0.29, 0.717) is 5.75 Å². The first-order valence-corrected chi connectivity index (χ1v) is 6.26. The van der Waals surface area contributed by atoms with E-state index in [1.165, 1.54) is 24.3 Å². The highest BCUT2D eigenvalue weighted by Gasteiger charge is 2.07. The highest BCUT2D eigenvalue weighted by molar-refractivity contribution is 6.30. The SMILES string of the molecule is Cc1cc(C(=O)O)ccc1COc1ccc(F)c(Cl)c1. The van der Waals surface area contributed by atoms with E-state index < -0.39 is 11.8 Å². The average Bonchev–Trinajstić information content (AvgIpc) is 2.41. The summed E-state index contributed by atoms with van der Waals surface area (Å²) in [6, 6.07) is 8.92. The fourth-order valence-electron chi connectivity index (χ4n) is 1.72. The molecule has 0 aliphatic rings. The number of halogens is 2. The summed E-state index contributed by atoms with van der Waals surface area (Å²) in [5, 5.41) is 8.88. The molecule has 0 bridgehead atoms. The zero-order chi connectivity index (χ0) is 14.7. The van der Waals surface area contributed by atoms with Crippen LogP contribution >= 0.6 is 11.6 Å². The zero-order valence-electron chi connectivity index (χ0n) is 10.7. The molecule has 0 heterocycles. The van der Waals surface area contributed by atoms with Crippen molar-refractivity contribution in [3.05, 3.63) is 63.9 Å². The molecule has 0 fully saturated rings. The topological polar surface area (TPSA) is 46.5 Å². The smallest absolute Gasteiger partial charge is 0.335 e. The molecule has 0 saturated heterocycles. The van der Waals surface area contributed by atoms with Crippen molar-refractivity contribution in [3.8, 4) is 5.75 Å². The van der Waals surface area contributed by atoms with Crippen molar-refractivity contribution in [3.63, 3.8) is 0 Å². The van der Waals surface area contributed by atoms with Gasteiger partial charge in [0.2, 0.25) is 0 Å². The Hall–Kier alpha value is -2.07. The maximum absolute atomic E-state index is 13.0. The van der Waals surface area contributed by atoms with Crippen LogP contribution in [-0.2, 0) is 6.61 Å². The number of aromatic carboxylic acids is 1. The first-order chi connectivity index (χ1) is 9.47. The van der Waals surface area contributed by atoms with E-state index >= 15 is 0 Å². The molecule has 0 radical (unpaired) electrons. The fourth-order valence-corrected chi connectivity index (χ4v) is 1.89. The van der Waals surface area contributed by atoms with Crippen LogP contribution in [0.5, 0.6) is 5.75 Å². The van der Waals surface area contributed by atoms with Crippen LogP contribution in [0.1, 0.15) is 21.5 Å². The van der Waals surface area contributed by atoms with E-state index in [4.69, 9.17) is 21.4 Å². The Labute approximate surface area is 120 Å². The fraction of sp³-hybridized carbons (Fsp3) is 0.133. The maximum atomic E-state index is 13.0. The van der Waals surface area contributed by atoms with Crippen LogP contribution in [0, 0.1) is 12.7 Å². The van der Waals surface area contributed by atoms with Crippen LogP contribution in [0.2, 0.25) is 5.02 Å². The van der Waals surface area contributed by atoms with Crippen LogP contribution < -0.4 is 4.74 Å². The molecule has 0 aromatic heterocycles. The van der Waals surface area contributed by atoms with Crippen LogP contribution in [0.25, 0.3) is 0 Å². The van der Waals surface area contributed by atoms with Gasteiger partial charge in [0, 0.05) is 6.07 Å². The van der Waals surface area contributed by atoms with Gasteiger partial charge < -0.3 is 9.84 Å². The van der Waals surface area contributed by atoms with Crippen molar-refractivity contribution in [2.75, 3.05) is 0 Å². The van der Waals surface area contributed by atoms with Crippen LogP contribution in [0.15, 0.2) is 36.4 Å². The Bertz CT molecular complexity index is 656. The Morgan fingerprint density at radius 1 is 1.30 bits per heavy atom. The van der Waals surface area contributed by atoms with Gasteiger partial charge in [-0.1, -0.05) is 17.7 Å². The van der Waals surface area contributed by atoms with E-state index in [0.717, 1.165) is 11.1 Å². The van der Waals surface area contributed by atoms with Gasteiger partial charge in [-0.05, 0) is 42.3 Å². The molecule has 0 spiro atoms. The van der Waals surface area contributed by atoms with Crippen LogP contribution in [0.4, 0.5) is 4.39 Å². The number of hydrogen-bond donors (Lipinski definition) is 1. The molecule has 0 atom stereocenters. The van der Waals surface area contributed by atoms with Gasteiger partial charge in [-0.2, -0.15) is 0 Å². The molecular weight excluding hydrogens is 283 g/mol. The molecule has 5 heteroatoms. The summed E-state index contributed by atoms with van der Waals surface area (Å²) >= 11 is 5.66. The molecule has 2 rings (SSSR count). The van der Waals surface area contributed by atoms with Crippen molar-refractivity contribution in [2.24, 2.45) is 0 Å². The molecule has 1 N–H and O–H groups in total. The van der Waals surface area contributed by atoms with Crippen molar-refractivity contribution in [1.82, 2.24) is 0 Å². The lowest BCUT2D eigenvalue weighted by Gasteiger charge is -2.10. The normalized spacial score (nSPS) is 10.3. The molecule has 20 heavy (non-hydrogen) atoms. The molecule has 2 aromatic carbocycles. The number of carboxylic acids is 1. The maximum Gasteiger partial charge on any atom is 0.335 e. The van der Waals surface area contributed by atoms with Crippen molar-refractivity contribution < 1.29 is 19.0 Å². The molecule has 0 unspecified atom stereocenters. The Balaban J connectivity index is 2.10. The highest BCUT2D eigenvalue weighted by Crippen LogP contribution is 2.22. The lowest BCUT2D eigenvalue weighted by atomic mass is 10.1. The van der Waals surface area contributed by atoms with Gasteiger partial charge in [0.15, 0.2) is 0 Å². The summed E-state index contributed by atoms with van der Waals surface area (Å²) in [4.78, 5) is 10.8. The Morgan fingerprint density at radius 3 is 2.65 bits per heavy atom. The minimum absolute atomic E-state index is 0.000414. The van der Waals surface area contributed by atoms with Gasteiger partial charge in [0.1, 0.15) is 18.2 Å². The number of carbonyl (C=O) groups is 1. The molecule has 2 aromatic rings. The minimum Gasteiger partial charge on any atom is -0.489 e. The second-order valence-corrected chi connectivity index (χ2v) is 4.72. The van der Waals surface area contributed by atoms with Gasteiger partial charge in [-0.15, -0.1) is 0 Å². The molecule has 0 amide bonds. The second-order valence-electron chi connectivity index (χ2n) is 4.31. The standard InChI is InChI=1S/C15H12ClFO3/c1-9-6-10(15(18)19)2-3-11(9)8-20-12-4-5-14(17)13(16)7-12/h2-7H,8H2,1H3,(H,18,19). The number of hydrogen-bond acceptors (Lipinski definition) is 2. The van der Waals surface area contributed by atoms with Gasteiger partial charge in [-0.25, -0.2) is 9.18 Å². The lowest BCUT2D eigenvalue weighted by molar-refractivity contribution is 0.0696. The molecular formula is C15H12ClFO3. The quantitative estimate of drug-likeness (QED) is 0.925. The average molecular weight is 295 g/mol. The van der Waals surface area contributed by atoms with Crippen molar-refractivity contribution in [1.29, 1.82) is 0 Å². The van der Waals surface area contributed by atoms with Crippen molar-refractivity contribution in [2.45, 2.75) is 13.5 Å².